The van der Waals surface area contributed by atoms with E-state index in [2.05, 4.69) is 18.7 Å². The molecule has 0 aliphatic carbocycles. The van der Waals surface area contributed by atoms with E-state index in [9.17, 15) is 4.39 Å². The molecule has 0 spiro atoms. The van der Waals surface area contributed by atoms with E-state index in [0.717, 1.165) is 17.8 Å². The maximum absolute atomic E-state index is 13.7. The quantitative estimate of drug-likeness (QED) is 0.862. The smallest absolute Gasteiger partial charge is 0.126 e. The van der Waals surface area contributed by atoms with Gasteiger partial charge in [0.2, 0.25) is 0 Å². The Bertz CT molecular complexity index is 419. The Kier molecular flexibility index (Phi) is 5.76. The van der Waals surface area contributed by atoms with Crippen LogP contribution in [0.2, 0.25) is 0 Å². The van der Waals surface area contributed by atoms with E-state index in [1.54, 1.807) is 20.1 Å². The van der Waals surface area contributed by atoms with Crippen molar-refractivity contribution in [3.63, 3.8) is 0 Å². The van der Waals surface area contributed by atoms with E-state index < -0.39 is 0 Å². The Morgan fingerprint density at radius 3 is 2.42 bits per heavy atom. The minimum atomic E-state index is -0.202. The van der Waals surface area contributed by atoms with E-state index in [0.29, 0.717) is 18.2 Å². The molecule has 2 N–H and O–H groups in total. The lowest BCUT2D eigenvalue weighted by atomic mass is 10.0. The van der Waals surface area contributed by atoms with Gasteiger partial charge in [-0.05, 0) is 51.0 Å². The van der Waals surface area contributed by atoms with Crippen LogP contribution in [0.25, 0.3) is 0 Å². The second-order valence-corrected chi connectivity index (χ2v) is 5.23. The van der Waals surface area contributed by atoms with E-state index in [4.69, 9.17) is 10.5 Å². The van der Waals surface area contributed by atoms with Crippen molar-refractivity contribution in [3.8, 4) is 0 Å². The standard InChI is InChI=1S/C15H25FN2O/c1-10(2)18(6-7-19-5)15-8-11(3)14(16)9-13(15)12(4)17/h8-10,12H,6-7,17H2,1-5H3/t12-/m0/s1. The summed E-state index contributed by atoms with van der Waals surface area (Å²) in [5.74, 6) is -0.202. The monoisotopic (exact) mass is 268 g/mol. The van der Waals surface area contributed by atoms with Gasteiger partial charge in [-0.3, -0.25) is 0 Å². The summed E-state index contributed by atoms with van der Waals surface area (Å²) in [5, 5.41) is 0. The largest absolute Gasteiger partial charge is 0.383 e. The second-order valence-electron chi connectivity index (χ2n) is 5.23. The highest BCUT2D eigenvalue weighted by molar-refractivity contribution is 5.57. The van der Waals surface area contributed by atoms with Gasteiger partial charge < -0.3 is 15.4 Å². The molecule has 1 atom stereocenters. The molecule has 0 radical (unpaired) electrons. The van der Waals surface area contributed by atoms with Crippen LogP contribution >= 0.6 is 0 Å². The van der Waals surface area contributed by atoms with Gasteiger partial charge in [-0.2, -0.15) is 0 Å². The molecule has 0 saturated heterocycles. The summed E-state index contributed by atoms with van der Waals surface area (Å²) in [5.41, 5.74) is 8.46. The fraction of sp³-hybridized carbons (Fsp3) is 0.600. The van der Waals surface area contributed by atoms with Crippen molar-refractivity contribution < 1.29 is 9.13 Å². The number of methoxy groups -OCH3 is 1. The lowest BCUT2D eigenvalue weighted by Gasteiger charge is -2.32. The average molecular weight is 268 g/mol. The highest BCUT2D eigenvalue weighted by Gasteiger charge is 2.18. The molecule has 0 aromatic heterocycles. The van der Waals surface area contributed by atoms with Crippen LogP contribution in [0.3, 0.4) is 0 Å². The first-order valence-corrected chi connectivity index (χ1v) is 6.69. The number of benzene rings is 1. The van der Waals surface area contributed by atoms with E-state index >= 15 is 0 Å². The highest BCUT2D eigenvalue weighted by Crippen LogP contribution is 2.29. The predicted octanol–water partition coefficient (Wildman–Crippen LogP) is 3.02. The summed E-state index contributed by atoms with van der Waals surface area (Å²) in [7, 11) is 1.68. The lowest BCUT2D eigenvalue weighted by molar-refractivity contribution is 0.203. The summed E-state index contributed by atoms with van der Waals surface area (Å²) in [6.45, 7) is 9.27. The van der Waals surface area contributed by atoms with Crippen LogP contribution in [0.15, 0.2) is 12.1 Å². The summed E-state index contributed by atoms with van der Waals surface area (Å²) in [6, 6.07) is 3.53. The third-order valence-electron chi connectivity index (χ3n) is 3.27. The first kappa shape index (κ1) is 15.9. The maximum Gasteiger partial charge on any atom is 0.126 e. The van der Waals surface area contributed by atoms with Gasteiger partial charge in [0.25, 0.3) is 0 Å². The minimum absolute atomic E-state index is 0.200. The van der Waals surface area contributed by atoms with Crippen LogP contribution in [-0.2, 0) is 4.74 Å². The van der Waals surface area contributed by atoms with Crippen molar-refractivity contribution >= 4 is 5.69 Å². The molecule has 0 aliphatic rings. The van der Waals surface area contributed by atoms with Gasteiger partial charge in [0.1, 0.15) is 5.82 Å². The van der Waals surface area contributed by atoms with Crippen molar-refractivity contribution in [1.82, 2.24) is 0 Å². The van der Waals surface area contributed by atoms with Crippen LogP contribution in [0.1, 0.15) is 37.9 Å². The SMILES string of the molecule is COCCN(c1cc(C)c(F)cc1[C@H](C)N)C(C)C. The zero-order valence-corrected chi connectivity index (χ0v) is 12.5. The fourth-order valence-corrected chi connectivity index (χ4v) is 2.14. The van der Waals surface area contributed by atoms with Gasteiger partial charge in [0.15, 0.2) is 0 Å². The minimum Gasteiger partial charge on any atom is -0.383 e. The number of aryl methyl sites for hydroxylation is 1. The molecule has 0 aliphatic heterocycles. The average Bonchev–Trinajstić information content (AvgIpc) is 2.32. The van der Waals surface area contributed by atoms with Crippen molar-refractivity contribution in [2.75, 3.05) is 25.2 Å². The lowest BCUT2D eigenvalue weighted by Crippen LogP contribution is -2.35. The summed E-state index contributed by atoms with van der Waals surface area (Å²) < 4.78 is 18.9. The second kappa shape index (κ2) is 6.87. The molecular weight excluding hydrogens is 243 g/mol. The Balaban J connectivity index is 3.23. The number of hydrogen-bond donors (Lipinski definition) is 1. The van der Waals surface area contributed by atoms with E-state index in [1.807, 2.05) is 13.0 Å². The van der Waals surface area contributed by atoms with Gasteiger partial charge in [0.05, 0.1) is 6.61 Å². The maximum atomic E-state index is 13.7. The summed E-state index contributed by atoms with van der Waals surface area (Å²) in [6.07, 6.45) is 0. The van der Waals surface area contributed by atoms with Gasteiger partial charge in [-0.25, -0.2) is 4.39 Å². The third-order valence-corrected chi connectivity index (χ3v) is 3.27. The Labute approximate surface area is 115 Å². The van der Waals surface area contributed by atoms with Gasteiger partial charge in [-0.1, -0.05) is 0 Å². The van der Waals surface area contributed by atoms with E-state index in [1.165, 1.54) is 0 Å². The number of ether oxygens (including phenoxy) is 1. The number of rotatable bonds is 6. The molecule has 0 unspecified atom stereocenters. The third kappa shape index (κ3) is 3.91. The molecule has 1 rings (SSSR count). The van der Waals surface area contributed by atoms with Crippen LogP contribution in [0.4, 0.5) is 10.1 Å². The molecular formula is C15H25FN2O. The summed E-state index contributed by atoms with van der Waals surface area (Å²) >= 11 is 0. The zero-order valence-electron chi connectivity index (χ0n) is 12.5. The van der Waals surface area contributed by atoms with E-state index in [-0.39, 0.29) is 11.9 Å². The number of anilines is 1. The zero-order chi connectivity index (χ0) is 14.6. The van der Waals surface area contributed by atoms with Crippen LogP contribution in [0.5, 0.6) is 0 Å². The van der Waals surface area contributed by atoms with Crippen molar-refractivity contribution in [2.24, 2.45) is 5.73 Å². The van der Waals surface area contributed by atoms with Crippen molar-refractivity contribution in [2.45, 2.75) is 39.8 Å². The molecule has 108 valence electrons. The molecule has 0 amide bonds. The number of nitrogens with two attached hydrogens (primary N) is 1. The van der Waals surface area contributed by atoms with Gasteiger partial charge >= 0.3 is 0 Å². The van der Waals surface area contributed by atoms with Crippen LogP contribution < -0.4 is 10.6 Å². The Hall–Kier alpha value is -1.13. The number of nitrogens with zero attached hydrogens (tertiary/aromatic N) is 1. The molecule has 0 heterocycles. The highest BCUT2D eigenvalue weighted by atomic mass is 19.1. The normalized spacial score (nSPS) is 12.8. The van der Waals surface area contributed by atoms with Crippen molar-refractivity contribution in [3.05, 3.63) is 29.1 Å². The first-order chi connectivity index (χ1) is 8.88. The number of halogens is 1. The molecule has 1 aromatic carbocycles. The molecule has 0 fully saturated rings. The van der Waals surface area contributed by atoms with Gasteiger partial charge in [-0.15, -0.1) is 0 Å². The van der Waals surface area contributed by atoms with Crippen molar-refractivity contribution in [1.29, 1.82) is 0 Å². The molecule has 0 bridgehead atoms. The molecule has 0 saturated carbocycles. The first-order valence-electron chi connectivity index (χ1n) is 6.69. The fourth-order valence-electron chi connectivity index (χ4n) is 2.14. The Morgan fingerprint density at radius 2 is 1.95 bits per heavy atom. The summed E-state index contributed by atoms with van der Waals surface area (Å²) in [4.78, 5) is 2.20. The number of hydrogen-bond acceptors (Lipinski definition) is 3. The Morgan fingerprint density at radius 1 is 1.32 bits per heavy atom. The molecule has 3 nitrogen and oxygen atoms in total. The molecule has 1 aromatic rings. The van der Waals surface area contributed by atoms with Crippen LogP contribution in [-0.4, -0.2) is 26.3 Å². The molecule has 4 heteroatoms. The topological polar surface area (TPSA) is 38.5 Å². The molecule has 19 heavy (non-hydrogen) atoms. The predicted molar refractivity (Wildman–Crippen MR) is 78.1 cm³/mol. The van der Waals surface area contributed by atoms with Crippen LogP contribution in [0, 0.1) is 12.7 Å². The van der Waals surface area contributed by atoms with Gasteiger partial charge in [0, 0.05) is 31.4 Å².